The molecule has 0 amide bonds. The molecular formula is C42H34B8N2O. The van der Waals surface area contributed by atoms with Crippen LogP contribution in [0, 0.1) is 0 Å². The molecule has 0 aliphatic rings. The molecule has 0 fully saturated rings. The maximum absolute atomic E-state index is 6.58. The second-order valence-corrected chi connectivity index (χ2v) is 15.2. The van der Waals surface area contributed by atoms with Crippen LogP contribution in [-0.4, -0.2) is 71.9 Å². The van der Waals surface area contributed by atoms with Crippen molar-refractivity contribution < 1.29 is 4.42 Å². The third kappa shape index (κ3) is 4.34. The van der Waals surface area contributed by atoms with Crippen LogP contribution in [-0.2, 0) is 0 Å². The van der Waals surface area contributed by atoms with Gasteiger partial charge < -0.3 is 13.6 Å². The molecule has 3 heterocycles. The average molecular weight is 669 g/mol. The van der Waals surface area contributed by atoms with Crippen LogP contribution in [0.4, 0.5) is 0 Å². The van der Waals surface area contributed by atoms with Crippen molar-refractivity contribution in [3.8, 4) is 22.5 Å². The minimum absolute atomic E-state index is 0.914. The van der Waals surface area contributed by atoms with E-state index in [1.165, 1.54) is 98.6 Å². The van der Waals surface area contributed by atoms with Gasteiger partial charge in [0.05, 0.1) is 11.0 Å². The Hall–Kier alpha value is -5.54. The van der Waals surface area contributed by atoms with Gasteiger partial charge in [0.2, 0.25) is 0 Å². The maximum Gasteiger partial charge on any atom is 0.160 e. The third-order valence-corrected chi connectivity index (χ3v) is 12.8. The maximum atomic E-state index is 6.58. The zero-order valence-corrected chi connectivity index (χ0v) is 31.7. The lowest BCUT2D eigenvalue weighted by atomic mass is 9.63. The highest BCUT2D eigenvalue weighted by Crippen LogP contribution is 2.40. The van der Waals surface area contributed by atoms with Crippen LogP contribution in [0.2, 0.25) is 0 Å². The molecule has 0 unspecified atom stereocenters. The van der Waals surface area contributed by atoms with E-state index in [2.05, 4.69) is 175 Å². The number of hydrogen-bond acceptors (Lipinski definition) is 1. The van der Waals surface area contributed by atoms with E-state index in [9.17, 15) is 0 Å². The zero-order chi connectivity index (χ0) is 36.4. The lowest BCUT2D eigenvalue weighted by Gasteiger charge is -2.17. The summed E-state index contributed by atoms with van der Waals surface area (Å²) in [7, 11) is 18.3. The first-order valence-electron chi connectivity index (χ1n) is 18.7. The van der Waals surface area contributed by atoms with E-state index in [-0.39, 0.29) is 0 Å². The van der Waals surface area contributed by atoms with Crippen LogP contribution in [0.3, 0.4) is 0 Å². The SMILES string of the molecule is Bc1c(B)c(B)c2c(c1B)c1c(B)c(B)c(B)c(B)c1n2-c1ccc(-c2ccc(-n3c4ccccc4c4ccc5c6ccccc6oc5c43)cc2)cc1. The van der Waals surface area contributed by atoms with Gasteiger partial charge in [-0.2, -0.15) is 0 Å². The molecule has 0 bridgehead atoms. The average Bonchev–Trinajstić information content (AvgIpc) is 3.86. The molecule has 7 aromatic carbocycles. The van der Waals surface area contributed by atoms with E-state index < -0.39 is 0 Å². The normalized spacial score (nSPS) is 12.0. The van der Waals surface area contributed by atoms with Crippen LogP contribution >= 0.6 is 0 Å². The van der Waals surface area contributed by atoms with Crippen LogP contribution in [0.25, 0.3) is 88.1 Å². The monoisotopic (exact) mass is 670 g/mol. The highest BCUT2D eigenvalue weighted by atomic mass is 16.3. The van der Waals surface area contributed by atoms with Gasteiger partial charge in [0.15, 0.2) is 5.58 Å². The van der Waals surface area contributed by atoms with Gasteiger partial charge in [-0.1, -0.05) is 99.5 Å². The molecule has 3 nitrogen and oxygen atoms in total. The molecule has 11 heteroatoms. The summed E-state index contributed by atoms with van der Waals surface area (Å²) in [5.74, 6) is 0. The van der Waals surface area contributed by atoms with Gasteiger partial charge >= 0.3 is 0 Å². The lowest BCUT2D eigenvalue weighted by Crippen LogP contribution is -2.49. The number of aromatic nitrogens is 2. The third-order valence-electron chi connectivity index (χ3n) is 12.8. The lowest BCUT2D eigenvalue weighted by molar-refractivity contribution is 0.671. The number of fused-ring (bicyclic) bond motifs is 10. The molecule has 0 saturated carbocycles. The van der Waals surface area contributed by atoms with E-state index in [1.807, 2.05) is 6.07 Å². The van der Waals surface area contributed by atoms with Gasteiger partial charge in [0, 0.05) is 44.0 Å². The number of nitrogens with zero attached hydrogens (tertiary/aromatic N) is 2. The molecule has 242 valence electrons. The molecule has 0 N–H and O–H groups in total. The zero-order valence-electron chi connectivity index (χ0n) is 31.7. The summed E-state index contributed by atoms with van der Waals surface area (Å²) in [4.78, 5) is 0. The van der Waals surface area contributed by atoms with Crippen molar-refractivity contribution in [2.75, 3.05) is 0 Å². The van der Waals surface area contributed by atoms with Crippen LogP contribution < -0.4 is 43.7 Å². The summed E-state index contributed by atoms with van der Waals surface area (Å²) in [5, 5.41) is 7.50. The molecule has 0 atom stereocenters. The minimum Gasteiger partial charge on any atom is -0.454 e. The summed E-state index contributed by atoms with van der Waals surface area (Å²) in [5.41, 5.74) is 22.5. The molecule has 3 aromatic heterocycles. The molecule has 10 rings (SSSR count). The van der Waals surface area contributed by atoms with E-state index >= 15 is 0 Å². The van der Waals surface area contributed by atoms with E-state index in [0.29, 0.717) is 0 Å². The Morgan fingerprint density at radius 1 is 0.358 bits per heavy atom. The second-order valence-electron chi connectivity index (χ2n) is 15.2. The van der Waals surface area contributed by atoms with Crippen LogP contribution in [0.15, 0.2) is 114 Å². The van der Waals surface area contributed by atoms with Gasteiger partial charge in [-0.3, -0.25) is 0 Å². The Morgan fingerprint density at radius 2 is 0.830 bits per heavy atom. The second kappa shape index (κ2) is 11.5. The topological polar surface area (TPSA) is 23.0 Å². The summed E-state index contributed by atoms with van der Waals surface area (Å²) in [6.07, 6.45) is 0. The Morgan fingerprint density at radius 3 is 1.42 bits per heavy atom. The quantitative estimate of drug-likeness (QED) is 0.191. The first kappa shape index (κ1) is 32.1. The molecule has 0 aliphatic heterocycles. The van der Waals surface area contributed by atoms with E-state index in [4.69, 9.17) is 4.42 Å². The molecule has 0 spiro atoms. The summed E-state index contributed by atoms with van der Waals surface area (Å²) in [6.45, 7) is 0. The predicted molar refractivity (Wildman–Crippen MR) is 253 cm³/mol. The van der Waals surface area contributed by atoms with Gasteiger partial charge in [-0.15, -0.1) is 10.9 Å². The van der Waals surface area contributed by atoms with E-state index in [0.717, 1.165) is 33.1 Å². The predicted octanol–water partition coefficient (Wildman–Crippen LogP) is -2.49. The highest BCUT2D eigenvalue weighted by Gasteiger charge is 2.23. The number of rotatable bonds is 3. The van der Waals surface area contributed by atoms with Crippen molar-refractivity contribution in [1.29, 1.82) is 0 Å². The Bertz CT molecular complexity index is 3120. The number of hydrogen-bond donors (Lipinski definition) is 0. The standard InChI is InChI=1S/C42H34B8N2O/c43-31-29-30-32(44)34(46)36(48)38(50)41(30)52(40(29)37(49)35(47)33(31)45)22-15-11-20(12-16-22)19-9-13-21(14-10-19)51-27-7-3-1-5-23(27)25-17-18-26-24-6-2-4-8-28(24)53-42(26)39(25)51/h1-18H,43-50H2. The number of para-hydroxylation sites is 2. The summed E-state index contributed by atoms with van der Waals surface area (Å²) < 4.78 is 11.5. The number of furan rings is 1. The van der Waals surface area contributed by atoms with Gasteiger partial charge in [0.25, 0.3) is 0 Å². The fraction of sp³-hybridized carbons (Fsp3) is 0. The largest absolute Gasteiger partial charge is 0.454 e. The number of benzene rings is 7. The van der Waals surface area contributed by atoms with Gasteiger partial charge in [0.1, 0.15) is 68.4 Å². The Kier molecular flexibility index (Phi) is 6.96. The summed E-state index contributed by atoms with van der Waals surface area (Å²) >= 11 is 0. The van der Waals surface area contributed by atoms with Gasteiger partial charge in [-0.05, 0) is 64.4 Å². The molecule has 0 saturated heterocycles. The first-order chi connectivity index (χ1) is 25.7. The Balaban J connectivity index is 1.12. The fourth-order valence-electron chi connectivity index (χ4n) is 9.23. The summed E-state index contributed by atoms with van der Waals surface area (Å²) in [6, 6.07) is 39.6. The Labute approximate surface area is 316 Å². The highest BCUT2D eigenvalue weighted by molar-refractivity contribution is 6.71. The van der Waals surface area contributed by atoms with E-state index in [1.54, 1.807) is 0 Å². The molecule has 10 aromatic rings. The van der Waals surface area contributed by atoms with Crippen molar-refractivity contribution in [2.24, 2.45) is 0 Å². The van der Waals surface area contributed by atoms with Crippen LogP contribution in [0.1, 0.15) is 0 Å². The van der Waals surface area contributed by atoms with Crippen molar-refractivity contribution >= 4 is 172 Å². The fourth-order valence-corrected chi connectivity index (χ4v) is 9.23. The van der Waals surface area contributed by atoms with Gasteiger partial charge in [-0.25, -0.2) is 0 Å². The van der Waals surface area contributed by atoms with Crippen LogP contribution in [0.5, 0.6) is 0 Å². The smallest absolute Gasteiger partial charge is 0.160 e. The van der Waals surface area contributed by atoms with Crippen molar-refractivity contribution in [2.45, 2.75) is 0 Å². The minimum atomic E-state index is 0.914. The van der Waals surface area contributed by atoms with Crippen molar-refractivity contribution in [1.82, 2.24) is 9.13 Å². The molecule has 0 aliphatic carbocycles. The first-order valence-corrected chi connectivity index (χ1v) is 18.7. The molecule has 0 radical (unpaired) electrons. The molecular weight excluding hydrogens is 635 g/mol. The van der Waals surface area contributed by atoms with Crippen molar-refractivity contribution in [3.63, 3.8) is 0 Å². The molecule has 53 heavy (non-hydrogen) atoms. The van der Waals surface area contributed by atoms with Crippen molar-refractivity contribution in [3.05, 3.63) is 109 Å².